The lowest BCUT2D eigenvalue weighted by Crippen LogP contribution is -2.45. The molecule has 2 saturated heterocycles. The summed E-state index contributed by atoms with van der Waals surface area (Å²) in [5.74, 6) is 0.138. The molecule has 0 saturated carbocycles. The second-order valence-electron chi connectivity index (χ2n) is 7.57. The van der Waals surface area contributed by atoms with Crippen LogP contribution in [0.5, 0.6) is 0 Å². The van der Waals surface area contributed by atoms with Gasteiger partial charge in [0, 0.05) is 43.8 Å². The first-order chi connectivity index (χ1) is 14.2. The minimum atomic E-state index is -0.0585. The van der Waals surface area contributed by atoms with Crippen molar-refractivity contribution in [3.63, 3.8) is 0 Å². The second-order valence-corrected chi connectivity index (χ2v) is 8.44. The average molecular weight is 410 g/mol. The van der Waals surface area contributed by atoms with Crippen LogP contribution in [0.4, 0.5) is 0 Å². The lowest BCUT2D eigenvalue weighted by Gasteiger charge is -2.30. The summed E-state index contributed by atoms with van der Waals surface area (Å²) >= 11 is 1.45. The van der Waals surface area contributed by atoms with Gasteiger partial charge in [-0.05, 0) is 5.56 Å². The number of thiazole rings is 1. The van der Waals surface area contributed by atoms with Crippen molar-refractivity contribution in [2.45, 2.75) is 31.7 Å². The van der Waals surface area contributed by atoms with Crippen LogP contribution in [0.25, 0.3) is 4.96 Å². The van der Waals surface area contributed by atoms with Crippen LogP contribution in [0, 0.1) is 0 Å². The number of fused-ring (bicyclic) bond motifs is 2. The van der Waals surface area contributed by atoms with Crippen LogP contribution < -0.4 is 5.56 Å². The van der Waals surface area contributed by atoms with E-state index in [0.717, 1.165) is 17.8 Å². The van der Waals surface area contributed by atoms with Gasteiger partial charge in [-0.15, -0.1) is 11.3 Å². The number of aromatic nitrogens is 2. The summed E-state index contributed by atoms with van der Waals surface area (Å²) in [7, 11) is 0. The smallest absolute Gasteiger partial charge is 0.258 e. The van der Waals surface area contributed by atoms with E-state index in [1.165, 1.54) is 11.3 Å². The zero-order chi connectivity index (χ0) is 19.8. The standard InChI is InChI=1S/C21H22N4O3S/c26-19-6-8-28-18-14-23(12-16-10-20(27)24-7-9-29-21(24)22-16)13-17(18)25(19)11-15-4-2-1-3-5-15/h1-5,7,9-10,17-18H,6,8,11-14H2/t17-,18-/m0/s1. The Morgan fingerprint density at radius 3 is 2.86 bits per heavy atom. The molecule has 1 aromatic carbocycles. The number of hydrogen-bond acceptors (Lipinski definition) is 6. The molecule has 5 rings (SSSR count). The van der Waals surface area contributed by atoms with Crippen LogP contribution in [0.1, 0.15) is 17.7 Å². The van der Waals surface area contributed by atoms with E-state index in [4.69, 9.17) is 4.74 Å². The van der Waals surface area contributed by atoms with E-state index in [0.29, 0.717) is 37.6 Å². The highest BCUT2D eigenvalue weighted by Gasteiger charge is 2.41. The van der Waals surface area contributed by atoms with Crippen LogP contribution in [-0.2, 0) is 22.6 Å². The molecular weight excluding hydrogens is 388 g/mol. The van der Waals surface area contributed by atoms with Gasteiger partial charge in [0.05, 0.1) is 30.9 Å². The molecule has 0 spiro atoms. The number of carbonyl (C=O) groups is 1. The maximum Gasteiger partial charge on any atom is 0.258 e. The fourth-order valence-corrected chi connectivity index (χ4v) is 4.97. The summed E-state index contributed by atoms with van der Waals surface area (Å²) in [6, 6.07) is 11.7. The van der Waals surface area contributed by atoms with Crippen molar-refractivity contribution in [3.8, 4) is 0 Å². The molecule has 150 valence electrons. The minimum absolute atomic E-state index is 0.0109. The van der Waals surface area contributed by atoms with Crippen LogP contribution >= 0.6 is 11.3 Å². The zero-order valence-corrected chi connectivity index (χ0v) is 16.8. The molecule has 2 aliphatic heterocycles. The summed E-state index contributed by atoms with van der Waals surface area (Å²) in [6.07, 6.45) is 2.15. The highest BCUT2D eigenvalue weighted by atomic mass is 32.1. The van der Waals surface area contributed by atoms with E-state index in [2.05, 4.69) is 9.88 Å². The second kappa shape index (κ2) is 7.70. The van der Waals surface area contributed by atoms with Gasteiger partial charge in [-0.25, -0.2) is 4.98 Å². The van der Waals surface area contributed by atoms with Crippen LogP contribution in [0.3, 0.4) is 0 Å². The van der Waals surface area contributed by atoms with Crippen molar-refractivity contribution in [1.82, 2.24) is 19.2 Å². The first kappa shape index (κ1) is 18.5. The Balaban J connectivity index is 1.35. The first-order valence-electron chi connectivity index (χ1n) is 9.80. The number of likely N-dealkylation sites (tertiary alicyclic amines) is 1. The molecule has 3 aromatic rings. The third kappa shape index (κ3) is 3.71. The molecule has 2 fully saturated rings. The Morgan fingerprint density at radius 2 is 2.00 bits per heavy atom. The summed E-state index contributed by atoms with van der Waals surface area (Å²) in [6.45, 7) is 3.08. The van der Waals surface area contributed by atoms with E-state index in [1.807, 2.05) is 40.6 Å². The van der Waals surface area contributed by atoms with Crippen molar-refractivity contribution in [2.24, 2.45) is 0 Å². The summed E-state index contributed by atoms with van der Waals surface area (Å²) in [5, 5.41) is 1.86. The molecule has 0 bridgehead atoms. The molecule has 2 aliphatic rings. The van der Waals surface area contributed by atoms with Gasteiger partial charge in [0.25, 0.3) is 5.56 Å². The first-order valence-corrected chi connectivity index (χ1v) is 10.7. The SMILES string of the molecule is O=C1CCO[C@H]2CN(Cc3cc(=O)n4ccsc4n3)C[C@@H]2N1Cc1ccccc1. The van der Waals surface area contributed by atoms with Crippen molar-refractivity contribution >= 4 is 22.2 Å². The molecule has 0 aliphatic carbocycles. The Kier molecular flexibility index (Phi) is 4.91. The van der Waals surface area contributed by atoms with Gasteiger partial charge in [-0.2, -0.15) is 0 Å². The lowest BCUT2D eigenvalue weighted by molar-refractivity contribution is -0.133. The summed E-state index contributed by atoms with van der Waals surface area (Å²) in [4.78, 5) is 34.5. The number of benzene rings is 1. The summed E-state index contributed by atoms with van der Waals surface area (Å²) < 4.78 is 7.59. The third-order valence-corrected chi connectivity index (χ3v) is 6.38. The Morgan fingerprint density at radius 1 is 1.14 bits per heavy atom. The monoisotopic (exact) mass is 410 g/mol. The molecule has 2 atom stereocenters. The predicted molar refractivity (Wildman–Crippen MR) is 110 cm³/mol. The van der Waals surface area contributed by atoms with E-state index in [9.17, 15) is 9.59 Å². The highest BCUT2D eigenvalue weighted by molar-refractivity contribution is 7.15. The number of hydrogen-bond donors (Lipinski definition) is 0. The molecular formula is C21H22N4O3S. The van der Waals surface area contributed by atoms with Gasteiger partial charge in [-0.1, -0.05) is 30.3 Å². The van der Waals surface area contributed by atoms with Crippen LogP contribution in [0.2, 0.25) is 0 Å². The van der Waals surface area contributed by atoms with Gasteiger partial charge < -0.3 is 9.64 Å². The Hall–Kier alpha value is -2.55. The van der Waals surface area contributed by atoms with E-state index < -0.39 is 0 Å². The Labute approximate surface area is 172 Å². The Bertz CT molecular complexity index is 1080. The molecule has 7 nitrogen and oxygen atoms in total. The number of rotatable bonds is 4. The minimum Gasteiger partial charge on any atom is -0.374 e. The van der Waals surface area contributed by atoms with E-state index in [-0.39, 0.29) is 23.6 Å². The molecule has 0 N–H and O–H groups in total. The lowest BCUT2D eigenvalue weighted by atomic mass is 10.1. The van der Waals surface area contributed by atoms with Gasteiger partial charge in [0.1, 0.15) is 0 Å². The fraction of sp³-hybridized carbons (Fsp3) is 0.381. The van der Waals surface area contributed by atoms with Gasteiger partial charge >= 0.3 is 0 Å². The van der Waals surface area contributed by atoms with Gasteiger partial charge in [-0.3, -0.25) is 18.9 Å². The molecule has 1 amide bonds. The number of ether oxygens (including phenoxy) is 1. The molecule has 2 aromatic heterocycles. The molecule has 4 heterocycles. The average Bonchev–Trinajstić information content (AvgIpc) is 3.31. The molecule has 8 heteroatoms. The van der Waals surface area contributed by atoms with Crippen molar-refractivity contribution in [1.29, 1.82) is 0 Å². The maximum atomic E-state index is 12.8. The molecule has 0 radical (unpaired) electrons. The predicted octanol–water partition coefficient (Wildman–Crippen LogP) is 1.76. The van der Waals surface area contributed by atoms with Crippen molar-refractivity contribution < 1.29 is 9.53 Å². The number of amides is 1. The normalized spacial score (nSPS) is 22.8. The topological polar surface area (TPSA) is 67.1 Å². The van der Waals surface area contributed by atoms with E-state index in [1.54, 1.807) is 16.7 Å². The van der Waals surface area contributed by atoms with Gasteiger partial charge in [0.15, 0.2) is 4.96 Å². The maximum absolute atomic E-state index is 12.8. The van der Waals surface area contributed by atoms with Gasteiger partial charge in [0.2, 0.25) is 5.91 Å². The highest BCUT2D eigenvalue weighted by Crippen LogP contribution is 2.26. The molecule has 29 heavy (non-hydrogen) atoms. The zero-order valence-electron chi connectivity index (χ0n) is 15.9. The number of nitrogens with zero attached hydrogens (tertiary/aromatic N) is 4. The fourth-order valence-electron chi connectivity index (χ4n) is 4.23. The van der Waals surface area contributed by atoms with E-state index >= 15 is 0 Å². The van der Waals surface area contributed by atoms with Crippen LogP contribution in [0.15, 0.2) is 52.8 Å². The summed E-state index contributed by atoms with van der Waals surface area (Å²) in [5.41, 5.74) is 1.82. The van der Waals surface area contributed by atoms with Crippen LogP contribution in [-0.4, -0.2) is 56.9 Å². The number of carbonyl (C=O) groups excluding carboxylic acids is 1. The molecule has 0 unspecified atom stereocenters. The quantitative estimate of drug-likeness (QED) is 0.656. The van der Waals surface area contributed by atoms with Crippen molar-refractivity contribution in [2.75, 3.05) is 19.7 Å². The van der Waals surface area contributed by atoms with Crippen molar-refractivity contribution in [3.05, 3.63) is 69.6 Å². The largest absolute Gasteiger partial charge is 0.374 e. The third-order valence-electron chi connectivity index (χ3n) is 5.62.